The maximum atomic E-state index is 13.6. The number of anilines is 2. The van der Waals surface area contributed by atoms with Gasteiger partial charge < -0.3 is 9.47 Å². The lowest BCUT2D eigenvalue weighted by Gasteiger charge is -2.44. The van der Waals surface area contributed by atoms with Gasteiger partial charge in [0.05, 0.1) is 48.3 Å². The standard InChI is InChI=1S/C28H26N2O6/c1-3-35-17-9-5-15(6-10-17)29-25(31)21-19-13-14-20(22(21)26(29)32)24-23(19)27(33)30(28(24)34)16-7-11-18(12-8-16)36-4-2/h5-14,19-24H,3-4H2,1-2H3/t19?,20?,21-,22+,23+,24-. The van der Waals surface area contributed by atoms with Gasteiger partial charge in [0.15, 0.2) is 0 Å². The number of hydrogen-bond acceptors (Lipinski definition) is 6. The molecule has 184 valence electrons. The molecule has 0 radical (unpaired) electrons. The first-order valence-electron chi connectivity index (χ1n) is 12.4. The first-order valence-corrected chi connectivity index (χ1v) is 12.4. The summed E-state index contributed by atoms with van der Waals surface area (Å²) in [5.74, 6) is -3.57. The van der Waals surface area contributed by atoms with E-state index in [0.29, 0.717) is 36.1 Å². The highest BCUT2D eigenvalue weighted by Gasteiger charge is 2.68. The van der Waals surface area contributed by atoms with Crippen LogP contribution >= 0.6 is 0 Å². The zero-order valence-electron chi connectivity index (χ0n) is 20.0. The molecule has 0 spiro atoms. The molecular formula is C28H26N2O6. The molecule has 7 rings (SSSR count). The highest BCUT2D eigenvalue weighted by atomic mass is 16.5. The minimum atomic E-state index is -0.655. The van der Waals surface area contributed by atoms with Gasteiger partial charge >= 0.3 is 0 Å². The van der Waals surface area contributed by atoms with Crippen molar-refractivity contribution in [1.29, 1.82) is 0 Å². The molecule has 2 saturated heterocycles. The van der Waals surface area contributed by atoms with Crippen LogP contribution in [-0.2, 0) is 19.2 Å². The Morgan fingerprint density at radius 3 is 1.14 bits per heavy atom. The number of hydrogen-bond donors (Lipinski definition) is 0. The summed E-state index contributed by atoms with van der Waals surface area (Å²) >= 11 is 0. The molecule has 2 aliphatic heterocycles. The van der Waals surface area contributed by atoms with Crippen molar-refractivity contribution in [1.82, 2.24) is 0 Å². The Bertz CT molecular complexity index is 1140. The van der Waals surface area contributed by atoms with Gasteiger partial charge in [0.1, 0.15) is 11.5 Å². The Labute approximate surface area is 208 Å². The number of imide groups is 2. The van der Waals surface area contributed by atoms with E-state index in [1.54, 1.807) is 48.5 Å². The zero-order chi connectivity index (χ0) is 25.1. The van der Waals surface area contributed by atoms with Gasteiger partial charge in [-0.2, -0.15) is 0 Å². The zero-order valence-corrected chi connectivity index (χ0v) is 20.0. The topological polar surface area (TPSA) is 93.2 Å². The molecule has 2 heterocycles. The SMILES string of the molecule is CCOc1ccc(N2C(=O)[C@@H]3C4C=CC([C@H]5C(=O)N(c6ccc(OCC)cc6)C(=O)[C@@H]45)[C@@H]3C2=O)cc1. The minimum Gasteiger partial charge on any atom is -0.494 e. The van der Waals surface area contributed by atoms with Gasteiger partial charge in [0.2, 0.25) is 23.6 Å². The van der Waals surface area contributed by atoms with E-state index in [2.05, 4.69) is 0 Å². The van der Waals surface area contributed by atoms with Crippen LogP contribution in [0, 0.1) is 35.5 Å². The first-order chi connectivity index (χ1) is 17.5. The third-order valence-electron chi connectivity index (χ3n) is 7.82. The molecule has 4 amide bonds. The Hall–Kier alpha value is -3.94. The Kier molecular flexibility index (Phi) is 5.21. The van der Waals surface area contributed by atoms with Crippen LogP contribution < -0.4 is 19.3 Å². The number of allylic oxidation sites excluding steroid dienone is 2. The van der Waals surface area contributed by atoms with Crippen molar-refractivity contribution >= 4 is 35.0 Å². The molecule has 2 bridgehead atoms. The van der Waals surface area contributed by atoms with Crippen LogP contribution in [0.3, 0.4) is 0 Å². The summed E-state index contributed by atoms with van der Waals surface area (Å²) in [6, 6.07) is 13.7. The summed E-state index contributed by atoms with van der Waals surface area (Å²) in [4.78, 5) is 56.8. The van der Waals surface area contributed by atoms with Crippen molar-refractivity contribution in [2.75, 3.05) is 23.0 Å². The smallest absolute Gasteiger partial charge is 0.238 e. The molecule has 1 saturated carbocycles. The summed E-state index contributed by atoms with van der Waals surface area (Å²) in [6.45, 7) is 4.79. The normalized spacial score (nSPS) is 30.2. The number of carbonyl (C=O) groups excluding carboxylic acids is 4. The average molecular weight is 487 g/mol. The molecule has 5 aliphatic rings. The maximum absolute atomic E-state index is 13.6. The van der Waals surface area contributed by atoms with Crippen LogP contribution in [-0.4, -0.2) is 36.8 Å². The number of ether oxygens (including phenoxy) is 2. The highest BCUT2D eigenvalue weighted by Crippen LogP contribution is 2.58. The molecule has 6 atom stereocenters. The Balaban J connectivity index is 1.31. The molecule has 8 nitrogen and oxygen atoms in total. The third-order valence-corrected chi connectivity index (χ3v) is 7.82. The Morgan fingerprint density at radius 1 is 0.556 bits per heavy atom. The molecular weight excluding hydrogens is 460 g/mol. The molecule has 2 aromatic rings. The number of amides is 4. The number of nitrogens with zero attached hydrogens (tertiary/aromatic N) is 2. The van der Waals surface area contributed by atoms with E-state index in [1.165, 1.54) is 9.80 Å². The molecule has 3 fully saturated rings. The molecule has 2 unspecified atom stereocenters. The van der Waals surface area contributed by atoms with Crippen LogP contribution in [0.25, 0.3) is 0 Å². The lowest BCUT2D eigenvalue weighted by molar-refractivity contribution is -0.137. The minimum absolute atomic E-state index is 0.313. The maximum Gasteiger partial charge on any atom is 0.238 e. The summed E-state index contributed by atoms with van der Waals surface area (Å²) in [5, 5.41) is 0. The van der Waals surface area contributed by atoms with Crippen LogP contribution in [0.5, 0.6) is 11.5 Å². The van der Waals surface area contributed by atoms with E-state index in [4.69, 9.17) is 9.47 Å². The van der Waals surface area contributed by atoms with Crippen molar-refractivity contribution in [3.8, 4) is 11.5 Å². The summed E-state index contributed by atoms with van der Waals surface area (Å²) in [6.07, 6.45) is 3.74. The van der Waals surface area contributed by atoms with Gasteiger partial charge in [-0.1, -0.05) is 12.2 Å². The van der Waals surface area contributed by atoms with Crippen molar-refractivity contribution in [3.63, 3.8) is 0 Å². The van der Waals surface area contributed by atoms with Crippen LogP contribution in [0.4, 0.5) is 11.4 Å². The Morgan fingerprint density at radius 2 is 0.861 bits per heavy atom. The second-order valence-electron chi connectivity index (χ2n) is 9.52. The van der Waals surface area contributed by atoms with Crippen LogP contribution in [0.2, 0.25) is 0 Å². The fourth-order valence-corrected chi connectivity index (χ4v) is 6.45. The second kappa shape index (κ2) is 8.33. The van der Waals surface area contributed by atoms with Crippen molar-refractivity contribution < 1.29 is 28.7 Å². The lowest BCUT2D eigenvalue weighted by atomic mass is 9.54. The third kappa shape index (κ3) is 3.06. The van der Waals surface area contributed by atoms with E-state index in [9.17, 15) is 19.2 Å². The fourth-order valence-electron chi connectivity index (χ4n) is 6.45. The monoisotopic (exact) mass is 486 g/mol. The summed E-state index contributed by atoms with van der Waals surface area (Å²) < 4.78 is 10.9. The number of carbonyl (C=O) groups is 4. The lowest BCUT2D eigenvalue weighted by Crippen LogP contribution is -2.50. The molecule has 36 heavy (non-hydrogen) atoms. The van der Waals surface area contributed by atoms with Crippen molar-refractivity contribution in [3.05, 3.63) is 60.7 Å². The van der Waals surface area contributed by atoms with E-state index in [-0.39, 0.29) is 23.6 Å². The van der Waals surface area contributed by atoms with Crippen molar-refractivity contribution in [2.24, 2.45) is 35.5 Å². The summed E-state index contributed by atoms with van der Waals surface area (Å²) in [7, 11) is 0. The van der Waals surface area contributed by atoms with Gasteiger partial charge in [0.25, 0.3) is 0 Å². The predicted molar refractivity (Wildman–Crippen MR) is 130 cm³/mol. The molecule has 0 N–H and O–H groups in total. The second-order valence-corrected chi connectivity index (χ2v) is 9.52. The molecule has 8 heteroatoms. The van der Waals surface area contributed by atoms with E-state index >= 15 is 0 Å². The van der Waals surface area contributed by atoms with Gasteiger partial charge in [-0.3, -0.25) is 29.0 Å². The van der Waals surface area contributed by atoms with E-state index in [1.807, 2.05) is 26.0 Å². The fraction of sp³-hybridized carbons (Fsp3) is 0.357. The van der Waals surface area contributed by atoms with Crippen LogP contribution in [0.15, 0.2) is 60.7 Å². The number of benzene rings is 2. The largest absolute Gasteiger partial charge is 0.494 e. The first kappa shape index (κ1) is 22.5. The van der Waals surface area contributed by atoms with Gasteiger partial charge in [-0.05, 0) is 62.4 Å². The molecule has 2 aromatic carbocycles. The highest BCUT2D eigenvalue weighted by molar-refractivity contribution is 6.26. The molecule has 3 aliphatic carbocycles. The average Bonchev–Trinajstić information content (AvgIpc) is 3.33. The van der Waals surface area contributed by atoms with Gasteiger partial charge in [0, 0.05) is 11.8 Å². The van der Waals surface area contributed by atoms with Crippen LogP contribution in [0.1, 0.15) is 13.8 Å². The van der Waals surface area contributed by atoms with Gasteiger partial charge in [-0.25, -0.2) is 0 Å². The predicted octanol–water partition coefficient (Wildman–Crippen LogP) is 3.21. The molecule has 0 aromatic heterocycles. The summed E-state index contributed by atoms with van der Waals surface area (Å²) in [5.41, 5.74) is 0.946. The van der Waals surface area contributed by atoms with Crippen molar-refractivity contribution in [2.45, 2.75) is 13.8 Å². The quantitative estimate of drug-likeness (QED) is 0.460. The van der Waals surface area contributed by atoms with Gasteiger partial charge in [-0.15, -0.1) is 0 Å². The number of rotatable bonds is 6. The van der Waals surface area contributed by atoms with E-state index in [0.717, 1.165) is 0 Å². The van der Waals surface area contributed by atoms with E-state index < -0.39 is 35.5 Å².